The maximum atomic E-state index is 12.5. The van der Waals surface area contributed by atoms with Gasteiger partial charge in [-0.1, -0.05) is 0 Å². The quantitative estimate of drug-likeness (QED) is 0.0791. The number of aliphatic hydroxyl groups is 5. The molecule has 17 heteroatoms. The van der Waals surface area contributed by atoms with Gasteiger partial charge in [0.25, 0.3) is 0 Å². The fraction of sp³-hybridized carbons (Fsp3) is 0.438. The number of carbonyl (C=O) groups is 1. The highest BCUT2D eigenvalue weighted by Crippen LogP contribution is 2.38. The largest absolute Gasteiger partial charge is 0.502 e. The van der Waals surface area contributed by atoms with Crippen molar-refractivity contribution >= 4 is 23.0 Å². The number of phenols is 1. The second kappa shape index (κ2) is 15.0. The number of hydrogen-bond donors (Lipinski definition) is 6. The van der Waals surface area contributed by atoms with Crippen molar-refractivity contribution in [2.75, 3.05) is 41.2 Å². The Morgan fingerprint density at radius 2 is 1.65 bits per heavy atom. The van der Waals surface area contributed by atoms with Crippen molar-refractivity contribution in [2.24, 2.45) is 0 Å². The normalized spacial score (nSPS) is 28.4. The van der Waals surface area contributed by atoms with E-state index in [-0.39, 0.29) is 34.3 Å². The second-order valence-electron chi connectivity index (χ2n) is 11.2. The Morgan fingerprint density at radius 1 is 0.959 bits per heavy atom. The molecule has 6 N–H and O–H groups in total. The minimum atomic E-state index is -2.17. The summed E-state index contributed by atoms with van der Waals surface area (Å²) in [4.78, 5) is 24.3. The van der Waals surface area contributed by atoms with Gasteiger partial charge in [-0.05, 0) is 35.9 Å². The fourth-order valence-electron chi connectivity index (χ4n) is 5.22. The molecule has 266 valence electrons. The van der Waals surface area contributed by atoms with Gasteiger partial charge in [0.15, 0.2) is 41.0 Å². The molecule has 0 aliphatic carbocycles. The van der Waals surface area contributed by atoms with Crippen LogP contribution >= 0.6 is 0 Å². The average Bonchev–Trinajstić information content (AvgIpc) is 3.38. The highest BCUT2D eigenvalue weighted by molar-refractivity contribution is 5.87. The first-order valence-corrected chi connectivity index (χ1v) is 14.8. The Morgan fingerprint density at radius 3 is 2.31 bits per heavy atom. The molecule has 0 bridgehead atoms. The van der Waals surface area contributed by atoms with Crippen LogP contribution in [0.3, 0.4) is 0 Å². The van der Waals surface area contributed by atoms with Crippen molar-refractivity contribution in [3.63, 3.8) is 0 Å². The van der Waals surface area contributed by atoms with Gasteiger partial charge >= 0.3 is 11.6 Å². The van der Waals surface area contributed by atoms with Gasteiger partial charge in [0.2, 0.25) is 12.0 Å². The predicted molar refractivity (Wildman–Crippen MR) is 164 cm³/mol. The zero-order valence-corrected chi connectivity index (χ0v) is 26.5. The van der Waals surface area contributed by atoms with Crippen molar-refractivity contribution in [2.45, 2.75) is 48.7 Å². The standard InChI is InChI=1S/C32H36O17/c1-41-18-10-16-5-7-24(35)46-17(16)11-19(18)47-30-28(27(38)26(37)22(12-33)48-30)49-31-29(39)32(40,14-45-31)13-44-23(34)6-4-15-8-20(42-2)25(36)21(9-15)43-3/h4-11,22,26-31,33,36-40H,12-14H2,1-3H3. The molecule has 49 heavy (non-hydrogen) atoms. The summed E-state index contributed by atoms with van der Waals surface area (Å²) in [5, 5.41) is 63.9. The van der Waals surface area contributed by atoms with Crippen LogP contribution in [0.4, 0.5) is 0 Å². The first-order valence-electron chi connectivity index (χ1n) is 14.8. The third kappa shape index (κ3) is 7.58. The summed E-state index contributed by atoms with van der Waals surface area (Å²) in [6.45, 7) is -2.03. The van der Waals surface area contributed by atoms with Crippen molar-refractivity contribution in [1.82, 2.24) is 0 Å². The lowest BCUT2D eigenvalue weighted by Gasteiger charge is -2.42. The van der Waals surface area contributed by atoms with E-state index < -0.39 is 80.1 Å². The summed E-state index contributed by atoms with van der Waals surface area (Å²) in [6, 6.07) is 8.46. The zero-order chi connectivity index (χ0) is 35.5. The molecule has 0 saturated carbocycles. The SMILES string of the molecule is COc1cc2ccc(=O)oc2cc1OC1OC(CO)C(O)C(O)C1OC1OCC(O)(COC(=O)C=Cc2cc(OC)c(O)c(OC)c2)C1O. The zero-order valence-electron chi connectivity index (χ0n) is 26.5. The van der Waals surface area contributed by atoms with Gasteiger partial charge in [-0.25, -0.2) is 9.59 Å². The van der Waals surface area contributed by atoms with Crippen LogP contribution in [0.2, 0.25) is 0 Å². The lowest BCUT2D eigenvalue weighted by molar-refractivity contribution is -0.319. The van der Waals surface area contributed by atoms with Crippen molar-refractivity contribution in [3.05, 3.63) is 58.5 Å². The molecule has 2 aromatic carbocycles. The predicted octanol–water partition coefficient (Wildman–Crippen LogP) is -0.568. The number of hydrogen-bond acceptors (Lipinski definition) is 17. The third-order valence-electron chi connectivity index (χ3n) is 7.95. The molecule has 2 aliphatic rings. The van der Waals surface area contributed by atoms with E-state index in [0.717, 1.165) is 6.08 Å². The van der Waals surface area contributed by atoms with E-state index >= 15 is 0 Å². The number of rotatable bonds is 12. The Kier molecular flexibility index (Phi) is 11.0. The number of aromatic hydroxyl groups is 1. The fourth-order valence-corrected chi connectivity index (χ4v) is 5.22. The van der Waals surface area contributed by atoms with E-state index in [1.807, 2.05) is 0 Å². The molecule has 0 spiro atoms. The maximum absolute atomic E-state index is 12.5. The van der Waals surface area contributed by atoms with Crippen LogP contribution in [0, 0.1) is 0 Å². The van der Waals surface area contributed by atoms with Crippen molar-refractivity contribution < 1.29 is 77.7 Å². The van der Waals surface area contributed by atoms with E-state index in [1.54, 1.807) is 0 Å². The summed E-state index contributed by atoms with van der Waals surface area (Å²) in [5.41, 5.74) is -2.25. The summed E-state index contributed by atoms with van der Waals surface area (Å²) < 4.78 is 48.8. The number of ether oxygens (including phenoxy) is 8. The van der Waals surface area contributed by atoms with Crippen molar-refractivity contribution in [3.8, 4) is 28.7 Å². The van der Waals surface area contributed by atoms with E-state index in [4.69, 9.17) is 42.3 Å². The molecule has 0 amide bonds. The number of esters is 1. The Bertz CT molecular complexity index is 1700. The topological polar surface area (TPSA) is 242 Å². The summed E-state index contributed by atoms with van der Waals surface area (Å²) >= 11 is 0. The Hall–Kier alpha value is -4.46. The van der Waals surface area contributed by atoms with Gasteiger partial charge in [0.1, 0.15) is 36.6 Å². The molecule has 1 aromatic heterocycles. The number of benzene rings is 2. The lowest BCUT2D eigenvalue weighted by atomic mass is 9.98. The smallest absolute Gasteiger partial charge is 0.336 e. The summed E-state index contributed by atoms with van der Waals surface area (Å²) in [5.74, 6) is -0.796. The van der Waals surface area contributed by atoms with Gasteiger partial charge in [-0.2, -0.15) is 0 Å². The molecule has 5 rings (SSSR count). The Balaban J connectivity index is 1.28. The number of methoxy groups -OCH3 is 3. The minimum Gasteiger partial charge on any atom is -0.502 e. The highest BCUT2D eigenvalue weighted by atomic mass is 16.8. The number of fused-ring (bicyclic) bond motifs is 1. The van der Waals surface area contributed by atoms with Gasteiger partial charge in [0, 0.05) is 23.6 Å². The molecule has 2 fully saturated rings. The molecular formula is C32H36O17. The molecular weight excluding hydrogens is 656 g/mol. The van der Waals surface area contributed by atoms with Crippen LogP contribution < -0.4 is 24.6 Å². The van der Waals surface area contributed by atoms with Crippen LogP contribution in [0.15, 0.2) is 51.7 Å². The highest BCUT2D eigenvalue weighted by Gasteiger charge is 2.54. The summed E-state index contributed by atoms with van der Waals surface area (Å²) in [7, 11) is 4.04. The molecule has 8 unspecified atom stereocenters. The third-order valence-corrected chi connectivity index (χ3v) is 7.95. The molecule has 0 radical (unpaired) electrons. The van der Waals surface area contributed by atoms with Gasteiger partial charge in [0.05, 0.1) is 34.5 Å². The van der Waals surface area contributed by atoms with E-state index in [9.17, 15) is 40.2 Å². The van der Waals surface area contributed by atoms with E-state index in [0.29, 0.717) is 10.9 Å². The molecule has 8 atom stereocenters. The van der Waals surface area contributed by atoms with Crippen LogP contribution in [0.1, 0.15) is 5.56 Å². The van der Waals surface area contributed by atoms with Crippen molar-refractivity contribution in [1.29, 1.82) is 0 Å². The van der Waals surface area contributed by atoms with Crippen LogP contribution in [-0.4, -0.2) is 126 Å². The Labute approximate surface area is 277 Å². The van der Waals surface area contributed by atoms with Gasteiger partial charge in [-0.15, -0.1) is 0 Å². The molecule has 2 saturated heterocycles. The first kappa shape index (κ1) is 35.8. The monoisotopic (exact) mass is 692 g/mol. The second-order valence-corrected chi connectivity index (χ2v) is 11.2. The average molecular weight is 693 g/mol. The van der Waals surface area contributed by atoms with Gasteiger partial charge < -0.3 is 73.0 Å². The van der Waals surface area contributed by atoms with Crippen LogP contribution in [0.5, 0.6) is 28.7 Å². The molecule has 17 nitrogen and oxygen atoms in total. The first-order chi connectivity index (χ1) is 23.4. The van der Waals surface area contributed by atoms with E-state index in [1.165, 1.54) is 63.8 Å². The molecule has 3 heterocycles. The molecule has 3 aromatic rings. The maximum Gasteiger partial charge on any atom is 0.336 e. The number of aliphatic hydroxyl groups excluding tert-OH is 4. The minimum absolute atomic E-state index is 0.0308. The van der Waals surface area contributed by atoms with E-state index in [2.05, 4.69) is 0 Å². The number of phenolic OH excluding ortho intramolecular Hbond substituents is 1. The summed E-state index contributed by atoms with van der Waals surface area (Å²) in [6.07, 6.45) is -9.08. The molecule has 2 aliphatic heterocycles. The van der Waals surface area contributed by atoms with Crippen LogP contribution in [0.25, 0.3) is 17.0 Å². The number of carbonyl (C=O) groups excluding carboxylic acids is 1. The van der Waals surface area contributed by atoms with Crippen LogP contribution in [-0.2, 0) is 23.7 Å². The lowest BCUT2D eigenvalue weighted by Crippen LogP contribution is -2.62. The van der Waals surface area contributed by atoms with Gasteiger partial charge in [-0.3, -0.25) is 0 Å².